The number of nitrogens with one attached hydrogen (secondary N) is 1. The highest BCUT2D eigenvalue weighted by Crippen LogP contribution is 2.25. The van der Waals surface area contributed by atoms with Gasteiger partial charge in [0.1, 0.15) is 0 Å². The number of hydrogen-bond acceptors (Lipinski definition) is 1. The fourth-order valence-corrected chi connectivity index (χ4v) is 2.22. The number of carbonyl (C=O) groups is 1. The standard InChI is InChI=1S/C15H23NO/c1-10-7-11(2)13(4)14(12(10)3)8-15(5,6)16-9-17/h7,9H,8H2,1-6H3,(H,16,17). The van der Waals surface area contributed by atoms with Crippen molar-refractivity contribution in [3.63, 3.8) is 0 Å². The van der Waals surface area contributed by atoms with Crippen LogP contribution >= 0.6 is 0 Å². The van der Waals surface area contributed by atoms with Gasteiger partial charge in [-0.1, -0.05) is 6.07 Å². The Morgan fingerprint density at radius 1 is 1.12 bits per heavy atom. The Kier molecular flexibility index (Phi) is 3.97. The first-order valence-electron chi connectivity index (χ1n) is 6.06. The molecular weight excluding hydrogens is 210 g/mol. The lowest BCUT2D eigenvalue weighted by Crippen LogP contribution is -2.40. The third-order valence-corrected chi connectivity index (χ3v) is 3.59. The Labute approximate surface area is 104 Å². The van der Waals surface area contributed by atoms with Crippen molar-refractivity contribution in [2.24, 2.45) is 0 Å². The quantitative estimate of drug-likeness (QED) is 0.796. The van der Waals surface area contributed by atoms with Crippen LogP contribution in [0.25, 0.3) is 0 Å². The molecule has 2 heteroatoms. The Morgan fingerprint density at radius 2 is 1.59 bits per heavy atom. The van der Waals surface area contributed by atoms with Gasteiger partial charge in [0.25, 0.3) is 0 Å². The molecule has 0 spiro atoms. The van der Waals surface area contributed by atoms with E-state index in [1.54, 1.807) is 0 Å². The maximum Gasteiger partial charge on any atom is 0.207 e. The molecule has 1 aromatic carbocycles. The molecule has 0 saturated heterocycles. The van der Waals surface area contributed by atoms with E-state index >= 15 is 0 Å². The van der Waals surface area contributed by atoms with Crippen molar-refractivity contribution in [2.45, 2.75) is 53.5 Å². The maximum absolute atomic E-state index is 10.6. The van der Waals surface area contributed by atoms with Crippen molar-refractivity contribution in [3.8, 4) is 0 Å². The van der Waals surface area contributed by atoms with Crippen LogP contribution in [0.3, 0.4) is 0 Å². The zero-order valence-corrected chi connectivity index (χ0v) is 11.8. The van der Waals surface area contributed by atoms with E-state index in [0.29, 0.717) is 0 Å². The molecule has 0 bridgehead atoms. The van der Waals surface area contributed by atoms with Crippen LogP contribution in [0.15, 0.2) is 6.07 Å². The normalized spacial score (nSPS) is 11.4. The molecule has 2 nitrogen and oxygen atoms in total. The Morgan fingerprint density at radius 3 is 2.00 bits per heavy atom. The van der Waals surface area contributed by atoms with Crippen LogP contribution in [0.4, 0.5) is 0 Å². The first-order chi connectivity index (χ1) is 7.78. The number of amides is 1. The molecule has 94 valence electrons. The summed E-state index contributed by atoms with van der Waals surface area (Å²) in [5.74, 6) is 0. The van der Waals surface area contributed by atoms with Crippen LogP contribution in [-0.2, 0) is 11.2 Å². The monoisotopic (exact) mass is 233 g/mol. The summed E-state index contributed by atoms with van der Waals surface area (Å²) in [5.41, 5.74) is 6.50. The topological polar surface area (TPSA) is 29.1 Å². The molecule has 1 rings (SSSR count). The number of rotatable bonds is 4. The van der Waals surface area contributed by atoms with Crippen molar-refractivity contribution >= 4 is 6.41 Å². The van der Waals surface area contributed by atoms with Gasteiger partial charge in [0, 0.05) is 5.54 Å². The van der Waals surface area contributed by atoms with Crippen LogP contribution in [0.1, 0.15) is 41.7 Å². The second kappa shape index (κ2) is 4.91. The molecule has 0 aliphatic heterocycles. The van der Waals surface area contributed by atoms with Crippen LogP contribution < -0.4 is 5.32 Å². The van der Waals surface area contributed by atoms with Crippen molar-refractivity contribution < 1.29 is 4.79 Å². The van der Waals surface area contributed by atoms with Crippen LogP contribution in [0.5, 0.6) is 0 Å². The SMILES string of the molecule is Cc1cc(C)c(C)c(CC(C)(C)NC=O)c1C. The Balaban J connectivity index is 3.18. The highest BCUT2D eigenvalue weighted by Gasteiger charge is 2.20. The van der Waals surface area contributed by atoms with Gasteiger partial charge in [-0.2, -0.15) is 0 Å². The number of benzene rings is 1. The summed E-state index contributed by atoms with van der Waals surface area (Å²) in [6, 6.07) is 2.23. The molecule has 17 heavy (non-hydrogen) atoms. The summed E-state index contributed by atoms with van der Waals surface area (Å²) in [5, 5.41) is 2.88. The van der Waals surface area contributed by atoms with Gasteiger partial charge in [0.05, 0.1) is 0 Å². The van der Waals surface area contributed by atoms with Gasteiger partial charge in [-0.25, -0.2) is 0 Å². The summed E-state index contributed by atoms with van der Waals surface area (Å²) < 4.78 is 0. The second-order valence-electron chi connectivity index (χ2n) is 5.56. The predicted molar refractivity (Wildman–Crippen MR) is 72.4 cm³/mol. The minimum Gasteiger partial charge on any atom is -0.353 e. The van der Waals surface area contributed by atoms with Crippen LogP contribution in [-0.4, -0.2) is 11.9 Å². The largest absolute Gasteiger partial charge is 0.353 e. The van der Waals surface area contributed by atoms with Gasteiger partial charge in [-0.05, 0) is 75.8 Å². The van der Waals surface area contributed by atoms with Crippen molar-refractivity contribution in [2.75, 3.05) is 0 Å². The molecule has 0 saturated carbocycles. The lowest BCUT2D eigenvalue weighted by molar-refractivity contribution is -0.110. The van der Waals surface area contributed by atoms with Gasteiger partial charge in [-0.3, -0.25) is 4.79 Å². The molecule has 0 aliphatic carbocycles. The predicted octanol–water partition coefficient (Wildman–Crippen LogP) is 2.99. The molecule has 0 aromatic heterocycles. The van der Waals surface area contributed by atoms with Gasteiger partial charge < -0.3 is 5.32 Å². The number of aryl methyl sites for hydroxylation is 2. The van der Waals surface area contributed by atoms with Crippen molar-refractivity contribution in [1.29, 1.82) is 0 Å². The van der Waals surface area contributed by atoms with E-state index in [-0.39, 0.29) is 5.54 Å². The van der Waals surface area contributed by atoms with Gasteiger partial charge >= 0.3 is 0 Å². The average molecular weight is 233 g/mol. The molecule has 1 aromatic rings. The van der Waals surface area contributed by atoms with Crippen molar-refractivity contribution in [3.05, 3.63) is 33.9 Å². The first-order valence-corrected chi connectivity index (χ1v) is 6.06. The van der Waals surface area contributed by atoms with E-state index in [1.807, 2.05) is 0 Å². The molecule has 0 unspecified atom stereocenters. The molecular formula is C15H23NO. The summed E-state index contributed by atoms with van der Waals surface area (Å²) in [4.78, 5) is 10.6. The van der Waals surface area contributed by atoms with E-state index in [1.165, 1.54) is 27.8 Å². The molecule has 0 atom stereocenters. The van der Waals surface area contributed by atoms with Crippen LogP contribution in [0, 0.1) is 27.7 Å². The van der Waals surface area contributed by atoms with E-state index in [0.717, 1.165) is 12.8 Å². The first kappa shape index (κ1) is 13.8. The summed E-state index contributed by atoms with van der Waals surface area (Å²) in [6.07, 6.45) is 1.65. The van der Waals surface area contributed by atoms with Gasteiger partial charge in [0.2, 0.25) is 6.41 Å². The zero-order chi connectivity index (χ0) is 13.2. The maximum atomic E-state index is 10.6. The number of hydrogen-bond donors (Lipinski definition) is 1. The Bertz CT molecular complexity index is 407. The lowest BCUT2D eigenvalue weighted by atomic mass is 9.86. The van der Waals surface area contributed by atoms with E-state index in [2.05, 4.69) is 52.9 Å². The molecule has 0 radical (unpaired) electrons. The third kappa shape index (κ3) is 3.09. The summed E-state index contributed by atoms with van der Waals surface area (Å²) in [7, 11) is 0. The summed E-state index contributed by atoms with van der Waals surface area (Å²) in [6.45, 7) is 12.7. The molecule has 0 fully saturated rings. The van der Waals surface area contributed by atoms with E-state index in [4.69, 9.17) is 0 Å². The van der Waals surface area contributed by atoms with Gasteiger partial charge in [0.15, 0.2) is 0 Å². The Hall–Kier alpha value is -1.31. The molecule has 0 heterocycles. The van der Waals surface area contributed by atoms with Crippen molar-refractivity contribution in [1.82, 2.24) is 5.32 Å². The van der Waals surface area contributed by atoms with Crippen LogP contribution in [0.2, 0.25) is 0 Å². The highest BCUT2D eigenvalue weighted by molar-refractivity contribution is 5.49. The van der Waals surface area contributed by atoms with E-state index < -0.39 is 0 Å². The fraction of sp³-hybridized carbons (Fsp3) is 0.533. The fourth-order valence-electron chi connectivity index (χ4n) is 2.22. The second-order valence-corrected chi connectivity index (χ2v) is 5.56. The minimum atomic E-state index is -0.197. The molecule has 1 amide bonds. The van der Waals surface area contributed by atoms with E-state index in [9.17, 15) is 4.79 Å². The highest BCUT2D eigenvalue weighted by atomic mass is 16.1. The third-order valence-electron chi connectivity index (χ3n) is 3.59. The minimum absolute atomic E-state index is 0.197. The average Bonchev–Trinajstić information content (AvgIpc) is 2.21. The summed E-state index contributed by atoms with van der Waals surface area (Å²) >= 11 is 0. The lowest BCUT2D eigenvalue weighted by Gasteiger charge is -2.27. The molecule has 1 N–H and O–H groups in total. The molecule has 0 aliphatic rings. The van der Waals surface area contributed by atoms with Gasteiger partial charge in [-0.15, -0.1) is 0 Å². The number of carbonyl (C=O) groups excluding carboxylic acids is 1. The smallest absolute Gasteiger partial charge is 0.207 e. The zero-order valence-electron chi connectivity index (χ0n) is 11.8.